The number of rotatable bonds is 9. The van der Waals surface area contributed by atoms with Crippen molar-refractivity contribution >= 4 is 66.4 Å². The standard InChI is InChI=1S/C24H22ClN3O7S3/c1-37(32,33)19-5-3-2-4-17(19)15-6-9-21(26-14-15)28-12-10-18(23(28)29)27-22(24(30)31)38(34,35)13-11-16-7-8-20(25)36-16/h2-9,11,13-14,18,22,27H,10,12H2,1H3,(H,30,31)/b13-11+/t18-,22?/m0/s1. The minimum atomic E-state index is -4.32. The lowest BCUT2D eigenvalue weighted by Gasteiger charge is -2.19. The first-order valence-corrected chi connectivity index (χ1v) is 15.8. The molecular weight excluding hydrogens is 574 g/mol. The van der Waals surface area contributed by atoms with E-state index in [-0.39, 0.29) is 23.7 Å². The zero-order valence-electron chi connectivity index (χ0n) is 19.8. The maximum absolute atomic E-state index is 13.0. The van der Waals surface area contributed by atoms with E-state index in [1.54, 1.807) is 42.5 Å². The number of carboxylic acid groups (broad SMARTS) is 1. The molecule has 200 valence electrons. The second-order valence-corrected chi connectivity index (χ2v) is 14.1. The molecule has 1 aliphatic heterocycles. The number of amides is 1. The van der Waals surface area contributed by atoms with Crippen LogP contribution in [-0.4, -0.2) is 63.0 Å². The van der Waals surface area contributed by atoms with Crippen molar-refractivity contribution in [1.29, 1.82) is 0 Å². The predicted octanol–water partition coefficient (Wildman–Crippen LogP) is 3.06. The maximum atomic E-state index is 13.0. The van der Waals surface area contributed by atoms with E-state index >= 15 is 0 Å². The van der Waals surface area contributed by atoms with E-state index < -0.39 is 43.0 Å². The van der Waals surface area contributed by atoms with Crippen molar-refractivity contribution in [2.45, 2.75) is 22.7 Å². The molecule has 4 rings (SSSR count). The van der Waals surface area contributed by atoms with Crippen LogP contribution in [0.5, 0.6) is 0 Å². The Hall–Kier alpha value is -3.10. The minimum Gasteiger partial charge on any atom is -0.479 e. The van der Waals surface area contributed by atoms with Gasteiger partial charge in [0.1, 0.15) is 5.82 Å². The van der Waals surface area contributed by atoms with Gasteiger partial charge in [-0.2, -0.15) is 0 Å². The van der Waals surface area contributed by atoms with Crippen molar-refractivity contribution in [2.24, 2.45) is 0 Å². The summed E-state index contributed by atoms with van der Waals surface area (Å²) in [5.41, 5.74) is 1.00. The number of carboxylic acids is 1. The largest absolute Gasteiger partial charge is 0.479 e. The number of carbonyl (C=O) groups excluding carboxylic acids is 1. The van der Waals surface area contributed by atoms with E-state index in [9.17, 15) is 31.5 Å². The summed E-state index contributed by atoms with van der Waals surface area (Å²) in [6, 6.07) is 11.8. The molecule has 0 spiro atoms. The number of aromatic nitrogens is 1. The topological polar surface area (TPSA) is 151 Å². The van der Waals surface area contributed by atoms with E-state index in [4.69, 9.17) is 11.6 Å². The lowest BCUT2D eigenvalue weighted by molar-refractivity contribution is -0.137. The van der Waals surface area contributed by atoms with Gasteiger partial charge < -0.3 is 5.11 Å². The molecule has 0 aliphatic carbocycles. The van der Waals surface area contributed by atoms with Crippen LogP contribution in [0.25, 0.3) is 17.2 Å². The normalized spacial score (nSPS) is 17.3. The third-order valence-electron chi connectivity index (χ3n) is 5.75. The van der Waals surface area contributed by atoms with Crippen LogP contribution in [0.2, 0.25) is 4.34 Å². The number of pyridine rings is 1. The highest BCUT2D eigenvalue weighted by atomic mass is 35.5. The van der Waals surface area contributed by atoms with Gasteiger partial charge in [-0.25, -0.2) is 26.6 Å². The number of benzene rings is 1. The van der Waals surface area contributed by atoms with Gasteiger partial charge in [0.05, 0.1) is 15.3 Å². The number of carbonyl (C=O) groups is 2. The smallest absolute Gasteiger partial charge is 0.336 e. The Labute approximate surface area is 228 Å². The van der Waals surface area contributed by atoms with E-state index in [0.717, 1.165) is 23.0 Å². The fraction of sp³-hybridized carbons (Fsp3) is 0.208. The van der Waals surface area contributed by atoms with Gasteiger partial charge in [-0.1, -0.05) is 29.8 Å². The minimum absolute atomic E-state index is 0.146. The quantitative estimate of drug-likeness (QED) is 0.380. The molecule has 38 heavy (non-hydrogen) atoms. The number of hydrogen-bond acceptors (Lipinski definition) is 9. The molecular formula is C24H22ClN3O7S3. The lowest BCUT2D eigenvalue weighted by Crippen LogP contribution is -2.50. The predicted molar refractivity (Wildman–Crippen MR) is 145 cm³/mol. The first-order valence-electron chi connectivity index (χ1n) is 11.1. The second-order valence-electron chi connectivity index (χ2n) is 8.42. The highest BCUT2D eigenvalue weighted by Crippen LogP contribution is 2.29. The first kappa shape index (κ1) is 27.9. The highest BCUT2D eigenvalue weighted by Gasteiger charge is 2.40. The summed E-state index contributed by atoms with van der Waals surface area (Å²) in [5, 5.41) is 10.8. The molecule has 2 N–H and O–H groups in total. The SMILES string of the molecule is CS(=O)(=O)c1ccccc1-c1ccc(N2CC[C@H](NC(C(=O)O)S(=O)(=O)/C=C/c3ccc(Cl)s3)C2=O)nc1. The molecule has 1 saturated heterocycles. The Morgan fingerprint density at radius 3 is 2.53 bits per heavy atom. The number of sulfone groups is 2. The summed E-state index contributed by atoms with van der Waals surface area (Å²) in [4.78, 5) is 31.1. The van der Waals surface area contributed by atoms with Gasteiger partial charge >= 0.3 is 5.97 Å². The molecule has 2 atom stereocenters. The number of nitrogens with one attached hydrogen (secondary N) is 1. The first-order chi connectivity index (χ1) is 17.9. The molecule has 1 amide bonds. The van der Waals surface area contributed by atoms with E-state index in [0.29, 0.717) is 20.3 Å². The third-order valence-corrected chi connectivity index (χ3v) is 9.61. The fourth-order valence-corrected chi connectivity index (χ4v) is 7.03. The number of aliphatic carboxylic acids is 1. The van der Waals surface area contributed by atoms with Crippen molar-refractivity contribution in [3.63, 3.8) is 0 Å². The van der Waals surface area contributed by atoms with E-state index in [2.05, 4.69) is 10.3 Å². The molecule has 0 radical (unpaired) electrons. The molecule has 1 fully saturated rings. The monoisotopic (exact) mass is 595 g/mol. The Morgan fingerprint density at radius 1 is 1.18 bits per heavy atom. The third kappa shape index (κ3) is 6.13. The Morgan fingerprint density at radius 2 is 1.92 bits per heavy atom. The average molecular weight is 596 g/mol. The fourth-order valence-electron chi connectivity index (χ4n) is 3.94. The van der Waals surface area contributed by atoms with Crippen molar-refractivity contribution in [3.8, 4) is 11.1 Å². The molecule has 14 heteroatoms. The van der Waals surface area contributed by atoms with Crippen LogP contribution in [0, 0.1) is 0 Å². The van der Waals surface area contributed by atoms with Crippen molar-refractivity contribution < 1.29 is 31.5 Å². The molecule has 0 bridgehead atoms. The number of nitrogens with zero attached hydrogens (tertiary/aromatic N) is 2. The highest BCUT2D eigenvalue weighted by molar-refractivity contribution is 7.95. The molecule has 1 unspecified atom stereocenters. The van der Waals surface area contributed by atoms with Gasteiger partial charge in [0.25, 0.3) is 0 Å². The van der Waals surface area contributed by atoms with E-state index in [1.165, 1.54) is 23.2 Å². The van der Waals surface area contributed by atoms with Gasteiger partial charge in [0.15, 0.2) is 19.7 Å². The molecule has 1 aromatic carbocycles. The number of halogens is 1. The number of hydrogen-bond donors (Lipinski definition) is 2. The number of anilines is 1. The van der Waals surface area contributed by atoms with Crippen LogP contribution in [0.4, 0.5) is 5.82 Å². The van der Waals surface area contributed by atoms with Crippen LogP contribution >= 0.6 is 22.9 Å². The van der Waals surface area contributed by atoms with Gasteiger partial charge in [-0.3, -0.25) is 15.0 Å². The summed E-state index contributed by atoms with van der Waals surface area (Å²) in [7, 11) is -7.80. The Kier molecular flexibility index (Phi) is 8.04. The Bertz CT molecular complexity index is 1620. The van der Waals surface area contributed by atoms with Crippen molar-refractivity contribution in [3.05, 3.63) is 69.3 Å². The molecule has 1 aliphatic rings. The van der Waals surface area contributed by atoms with Crippen molar-refractivity contribution in [1.82, 2.24) is 10.3 Å². The maximum Gasteiger partial charge on any atom is 0.336 e. The lowest BCUT2D eigenvalue weighted by atomic mass is 10.1. The van der Waals surface area contributed by atoms with Gasteiger partial charge in [0.2, 0.25) is 11.3 Å². The molecule has 0 saturated carbocycles. The van der Waals surface area contributed by atoms with E-state index in [1.807, 2.05) is 0 Å². The van der Waals surface area contributed by atoms with Crippen LogP contribution in [0.15, 0.2) is 65.0 Å². The van der Waals surface area contributed by atoms with Gasteiger partial charge in [-0.15, -0.1) is 11.3 Å². The summed E-state index contributed by atoms with van der Waals surface area (Å²) in [6.07, 6.45) is 3.96. The molecule has 3 heterocycles. The number of thiophene rings is 1. The average Bonchev–Trinajstić information content (AvgIpc) is 3.45. The van der Waals surface area contributed by atoms with Gasteiger partial charge in [-0.05, 0) is 42.8 Å². The molecule has 2 aromatic heterocycles. The summed E-state index contributed by atoms with van der Waals surface area (Å²) in [5.74, 6) is -1.90. The molecule has 3 aromatic rings. The zero-order valence-corrected chi connectivity index (χ0v) is 23.0. The van der Waals surface area contributed by atoms with Crippen LogP contribution in [0.3, 0.4) is 0 Å². The summed E-state index contributed by atoms with van der Waals surface area (Å²) < 4.78 is 50.2. The van der Waals surface area contributed by atoms with Crippen LogP contribution in [-0.2, 0) is 29.3 Å². The van der Waals surface area contributed by atoms with Crippen LogP contribution < -0.4 is 10.2 Å². The molecule has 10 nitrogen and oxygen atoms in total. The summed E-state index contributed by atoms with van der Waals surface area (Å²) >= 11 is 6.97. The Balaban J connectivity index is 1.50. The second kappa shape index (κ2) is 10.9. The van der Waals surface area contributed by atoms with Crippen molar-refractivity contribution in [2.75, 3.05) is 17.7 Å². The zero-order chi connectivity index (χ0) is 27.7. The summed E-state index contributed by atoms with van der Waals surface area (Å²) in [6.45, 7) is 0.179. The van der Waals surface area contributed by atoms with Crippen LogP contribution in [0.1, 0.15) is 11.3 Å². The van der Waals surface area contributed by atoms with Gasteiger partial charge in [0, 0.05) is 40.4 Å².